The molecule has 0 aliphatic heterocycles. The van der Waals surface area contributed by atoms with Crippen LogP contribution in [0.2, 0.25) is 0 Å². The predicted molar refractivity (Wildman–Crippen MR) is 21.9 cm³/mol. The fourth-order valence-electron chi connectivity index (χ4n) is 0. The normalized spacial score (nSPS) is 5.29. The fourth-order valence-corrected chi connectivity index (χ4v) is 0. The Morgan fingerprint density at radius 1 is 1.57 bits per heavy atom. The Morgan fingerprint density at radius 2 is 1.71 bits per heavy atom. The van der Waals surface area contributed by atoms with E-state index < -0.39 is 12.6 Å². The molecule has 5 heteroatoms. The smallest absolute Gasteiger partial charge is 0 e. The third-order valence-electron chi connectivity index (χ3n) is 0.135. The number of carboxylic acid groups (broad SMARTS) is 1. The summed E-state index contributed by atoms with van der Waals surface area (Å²) in [7, 11) is 0. The standard InChI is InChI=1S/C2H4O3.Na.Ti.H/c3-1-2(4)5;;;/h3H,1H2,(H,4,5);;;. The van der Waals surface area contributed by atoms with Crippen molar-refractivity contribution in [1.82, 2.24) is 0 Å². The molecule has 36 valence electrons. The molecule has 0 spiro atoms. The molecule has 0 bridgehead atoms. The number of hydrogen-bond acceptors (Lipinski definition) is 2. The first kappa shape index (κ1) is 15.7. The van der Waals surface area contributed by atoms with Gasteiger partial charge in [-0.2, -0.15) is 0 Å². The number of carboxylic acids is 1. The number of rotatable bonds is 1. The molecule has 0 aliphatic rings. The van der Waals surface area contributed by atoms with Gasteiger partial charge in [-0.1, -0.05) is 0 Å². The molecule has 0 rings (SSSR count). The zero-order valence-electron chi connectivity index (χ0n) is 3.01. The summed E-state index contributed by atoms with van der Waals surface area (Å²) in [6.07, 6.45) is 0. The molecule has 0 aromatic rings. The quantitative estimate of drug-likeness (QED) is 0.441. The molecule has 0 unspecified atom stereocenters. The van der Waals surface area contributed by atoms with Crippen LogP contribution < -0.4 is 0 Å². The summed E-state index contributed by atoms with van der Waals surface area (Å²) in [5.74, 6) is -1.19. The van der Waals surface area contributed by atoms with E-state index in [-0.39, 0.29) is 51.3 Å². The number of aliphatic carboxylic acids is 1. The SMILES string of the molecule is O=C(O)CO.[NaH].[Ti]. The van der Waals surface area contributed by atoms with Crippen molar-refractivity contribution >= 4 is 35.5 Å². The summed E-state index contributed by atoms with van der Waals surface area (Å²) < 4.78 is 0. The molecule has 0 aliphatic carbocycles. The Labute approximate surface area is 78.3 Å². The van der Waals surface area contributed by atoms with Crippen LogP contribution in [0.3, 0.4) is 0 Å². The molecule has 2 N–H and O–H groups in total. The molecule has 0 saturated carbocycles. The van der Waals surface area contributed by atoms with Crippen LogP contribution in [0, 0.1) is 0 Å². The van der Waals surface area contributed by atoms with Crippen molar-refractivity contribution in [1.29, 1.82) is 0 Å². The van der Waals surface area contributed by atoms with Crippen molar-refractivity contribution < 1.29 is 36.7 Å². The maximum atomic E-state index is 9.12. The Morgan fingerprint density at radius 3 is 1.71 bits per heavy atom. The van der Waals surface area contributed by atoms with Gasteiger partial charge in [-0.3, -0.25) is 0 Å². The van der Waals surface area contributed by atoms with Crippen LogP contribution in [-0.2, 0) is 26.5 Å². The van der Waals surface area contributed by atoms with Crippen LogP contribution >= 0.6 is 0 Å². The molecule has 0 fully saturated rings. The molecular weight excluding hydrogens is 143 g/mol. The first-order valence-corrected chi connectivity index (χ1v) is 1.10. The molecule has 0 radical (unpaired) electrons. The Bertz CT molecular complexity index is 48.2. The van der Waals surface area contributed by atoms with Gasteiger partial charge in [0.1, 0.15) is 6.61 Å². The minimum Gasteiger partial charge on any atom is 0 e. The van der Waals surface area contributed by atoms with Crippen LogP contribution in [0.5, 0.6) is 0 Å². The first-order chi connectivity index (χ1) is 2.27. The van der Waals surface area contributed by atoms with Gasteiger partial charge in [0.15, 0.2) is 0 Å². The van der Waals surface area contributed by atoms with E-state index in [0.717, 1.165) is 0 Å². The van der Waals surface area contributed by atoms with Gasteiger partial charge in [-0.25, -0.2) is 4.79 Å². The van der Waals surface area contributed by atoms with E-state index in [1.165, 1.54) is 0 Å². The third kappa shape index (κ3) is 19.1. The summed E-state index contributed by atoms with van der Waals surface area (Å²) in [5.41, 5.74) is 0. The average Bonchev–Trinajstić information content (AvgIpc) is 1.38. The van der Waals surface area contributed by atoms with E-state index in [4.69, 9.17) is 15.0 Å². The second-order valence-electron chi connectivity index (χ2n) is 0.552. The van der Waals surface area contributed by atoms with Crippen molar-refractivity contribution in [3.8, 4) is 0 Å². The second-order valence-corrected chi connectivity index (χ2v) is 0.552. The largest absolute Gasteiger partial charge is 0 e. The summed E-state index contributed by atoms with van der Waals surface area (Å²) in [4.78, 5) is 9.12. The molecule has 0 atom stereocenters. The number of aliphatic hydroxyl groups excluding tert-OH is 1. The van der Waals surface area contributed by atoms with Crippen LogP contribution in [0.25, 0.3) is 0 Å². The van der Waals surface area contributed by atoms with Crippen LogP contribution in [-0.4, -0.2) is 52.3 Å². The summed E-state index contributed by atoms with van der Waals surface area (Å²) in [5, 5.41) is 15.0. The fraction of sp³-hybridized carbons (Fsp3) is 0.500. The van der Waals surface area contributed by atoms with Crippen molar-refractivity contribution in [2.45, 2.75) is 0 Å². The van der Waals surface area contributed by atoms with Crippen LogP contribution in [0.15, 0.2) is 0 Å². The molecule has 0 amide bonds. The second kappa shape index (κ2) is 10.2. The van der Waals surface area contributed by atoms with Gasteiger partial charge in [0, 0.05) is 21.7 Å². The van der Waals surface area contributed by atoms with E-state index in [0.29, 0.717) is 0 Å². The average molecular weight is 148 g/mol. The summed E-state index contributed by atoms with van der Waals surface area (Å²) >= 11 is 0. The first-order valence-electron chi connectivity index (χ1n) is 1.10. The zero-order chi connectivity index (χ0) is 4.28. The number of carbonyl (C=O) groups is 1. The molecule has 7 heavy (non-hydrogen) atoms. The van der Waals surface area contributed by atoms with E-state index in [9.17, 15) is 0 Å². The molecule has 0 aromatic carbocycles. The van der Waals surface area contributed by atoms with Gasteiger partial charge < -0.3 is 10.2 Å². The zero-order valence-corrected chi connectivity index (χ0v) is 4.57. The van der Waals surface area contributed by atoms with Gasteiger partial charge in [0.25, 0.3) is 0 Å². The van der Waals surface area contributed by atoms with Crippen molar-refractivity contribution in [3.63, 3.8) is 0 Å². The minimum absolute atomic E-state index is 0. The topological polar surface area (TPSA) is 57.5 Å². The molecule has 0 aromatic heterocycles. The maximum absolute atomic E-state index is 9.12. The Hall–Kier alpha value is 1.14. The predicted octanol–water partition coefficient (Wildman–Crippen LogP) is -1.59. The van der Waals surface area contributed by atoms with Gasteiger partial charge in [-0.05, 0) is 0 Å². The number of aliphatic hydroxyl groups is 1. The van der Waals surface area contributed by atoms with E-state index in [2.05, 4.69) is 0 Å². The van der Waals surface area contributed by atoms with Crippen molar-refractivity contribution in [2.24, 2.45) is 0 Å². The van der Waals surface area contributed by atoms with Crippen molar-refractivity contribution in [3.05, 3.63) is 0 Å². The molecular formula is C2H5NaO3Ti. The summed E-state index contributed by atoms with van der Waals surface area (Å²) in [6.45, 7) is -0.778. The van der Waals surface area contributed by atoms with Gasteiger partial charge >= 0.3 is 35.5 Å². The third-order valence-corrected chi connectivity index (χ3v) is 0.135. The van der Waals surface area contributed by atoms with Crippen LogP contribution in [0.4, 0.5) is 0 Å². The van der Waals surface area contributed by atoms with Gasteiger partial charge in [0.05, 0.1) is 0 Å². The Balaban J connectivity index is -0.0000000800. The summed E-state index contributed by atoms with van der Waals surface area (Å²) in [6, 6.07) is 0. The molecule has 0 saturated heterocycles. The van der Waals surface area contributed by atoms with E-state index >= 15 is 0 Å². The van der Waals surface area contributed by atoms with Crippen molar-refractivity contribution in [2.75, 3.05) is 6.61 Å². The van der Waals surface area contributed by atoms with E-state index in [1.807, 2.05) is 0 Å². The van der Waals surface area contributed by atoms with Crippen LogP contribution in [0.1, 0.15) is 0 Å². The van der Waals surface area contributed by atoms with Gasteiger partial charge in [-0.15, -0.1) is 0 Å². The maximum Gasteiger partial charge on any atom is 0 e. The monoisotopic (exact) mass is 148 g/mol. The van der Waals surface area contributed by atoms with E-state index in [1.54, 1.807) is 0 Å². The van der Waals surface area contributed by atoms with Gasteiger partial charge in [0.2, 0.25) is 0 Å². The minimum atomic E-state index is -1.19. The Kier molecular flexibility index (Phi) is 22.9. The number of hydrogen-bond donors (Lipinski definition) is 2. The molecule has 0 heterocycles. The molecule has 3 nitrogen and oxygen atoms in total.